The SMILES string of the molecule is C=C(C)/C(=C\N=CC)CCN(C)C(C)=O. The Kier molecular flexibility index (Phi) is 6.34. The van der Waals surface area contributed by atoms with E-state index in [4.69, 9.17) is 0 Å². The molecule has 0 aliphatic carbocycles. The third-order valence-electron chi connectivity index (χ3n) is 2.18. The molecule has 0 bridgehead atoms. The summed E-state index contributed by atoms with van der Waals surface area (Å²) in [5, 5.41) is 0. The molecule has 0 radical (unpaired) electrons. The number of carbonyl (C=O) groups excluding carboxylic acids is 1. The van der Waals surface area contributed by atoms with Gasteiger partial charge in [-0.3, -0.25) is 9.79 Å². The van der Waals surface area contributed by atoms with E-state index < -0.39 is 0 Å². The minimum atomic E-state index is 0.0788. The molecule has 0 aromatic carbocycles. The molecule has 0 heterocycles. The topological polar surface area (TPSA) is 32.7 Å². The molecule has 3 heteroatoms. The van der Waals surface area contributed by atoms with Gasteiger partial charge in [0.1, 0.15) is 0 Å². The third kappa shape index (κ3) is 5.83. The van der Waals surface area contributed by atoms with Gasteiger partial charge in [0, 0.05) is 32.9 Å². The van der Waals surface area contributed by atoms with E-state index in [-0.39, 0.29) is 5.91 Å². The van der Waals surface area contributed by atoms with Crippen LogP contribution < -0.4 is 0 Å². The fourth-order valence-corrected chi connectivity index (χ4v) is 0.998. The highest BCUT2D eigenvalue weighted by atomic mass is 16.2. The first-order chi connectivity index (χ1) is 6.99. The molecule has 0 unspecified atom stereocenters. The van der Waals surface area contributed by atoms with E-state index in [2.05, 4.69) is 11.6 Å². The Balaban J connectivity index is 4.32. The summed E-state index contributed by atoms with van der Waals surface area (Å²) < 4.78 is 0. The van der Waals surface area contributed by atoms with Gasteiger partial charge in [0.15, 0.2) is 0 Å². The van der Waals surface area contributed by atoms with E-state index in [0.717, 1.165) is 17.6 Å². The maximum Gasteiger partial charge on any atom is 0.219 e. The van der Waals surface area contributed by atoms with Crippen LogP contribution in [0, 0.1) is 0 Å². The van der Waals surface area contributed by atoms with E-state index in [1.165, 1.54) is 0 Å². The largest absolute Gasteiger partial charge is 0.346 e. The number of amides is 1. The highest BCUT2D eigenvalue weighted by Crippen LogP contribution is 2.12. The van der Waals surface area contributed by atoms with Crippen molar-refractivity contribution in [3.63, 3.8) is 0 Å². The van der Waals surface area contributed by atoms with Crippen LogP contribution in [0.25, 0.3) is 0 Å². The first kappa shape index (κ1) is 13.6. The predicted octanol–water partition coefficient (Wildman–Crippen LogP) is 2.41. The lowest BCUT2D eigenvalue weighted by Gasteiger charge is -2.15. The summed E-state index contributed by atoms with van der Waals surface area (Å²) in [5.74, 6) is 0.0788. The minimum absolute atomic E-state index is 0.0788. The molecular weight excluding hydrogens is 188 g/mol. The predicted molar refractivity (Wildman–Crippen MR) is 65.0 cm³/mol. The van der Waals surface area contributed by atoms with Crippen molar-refractivity contribution in [2.24, 2.45) is 4.99 Å². The monoisotopic (exact) mass is 208 g/mol. The first-order valence-corrected chi connectivity index (χ1v) is 5.03. The second kappa shape index (κ2) is 6.98. The van der Waals surface area contributed by atoms with Gasteiger partial charge in [-0.05, 0) is 25.8 Å². The third-order valence-corrected chi connectivity index (χ3v) is 2.18. The molecule has 0 aromatic rings. The van der Waals surface area contributed by atoms with Crippen molar-refractivity contribution in [2.45, 2.75) is 27.2 Å². The Morgan fingerprint density at radius 1 is 1.47 bits per heavy atom. The average molecular weight is 208 g/mol. The maximum atomic E-state index is 11.0. The van der Waals surface area contributed by atoms with Crippen molar-refractivity contribution in [3.05, 3.63) is 23.9 Å². The van der Waals surface area contributed by atoms with Gasteiger partial charge in [0.05, 0.1) is 0 Å². The lowest BCUT2D eigenvalue weighted by Crippen LogP contribution is -2.25. The Morgan fingerprint density at radius 3 is 2.47 bits per heavy atom. The standard InChI is InChI=1S/C12H20N2O/c1-6-13-9-12(10(2)3)7-8-14(5)11(4)15/h6,9H,2,7-8H2,1,3-5H3/b12-9-,13-6?. The number of carbonyl (C=O) groups is 1. The quantitative estimate of drug-likeness (QED) is 0.504. The van der Waals surface area contributed by atoms with Crippen LogP contribution in [0.4, 0.5) is 0 Å². The summed E-state index contributed by atoms with van der Waals surface area (Å²) in [6.07, 6.45) is 4.33. The summed E-state index contributed by atoms with van der Waals surface area (Å²) in [6.45, 7) is 9.97. The van der Waals surface area contributed by atoms with Crippen molar-refractivity contribution in [3.8, 4) is 0 Å². The number of hydrogen-bond acceptors (Lipinski definition) is 2. The minimum Gasteiger partial charge on any atom is -0.346 e. The Hall–Kier alpha value is -1.38. The summed E-state index contributed by atoms with van der Waals surface area (Å²) >= 11 is 0. The molecule has 0 spiro atoms. The van der Waals surface area contributed by atoms with Gasteiger partial charge < -0.3 is 4.90 Å². The van der Waals surface area contributed by atoms with Crippen LogP contribution in [0.5, 0.6) is 0 Å². The van der Waals surface area contributed by atoms with Gasteiger partial charge in [0.2, 0.25) is 5.91 Å². The zero-order valence-corrected chi connectivity index (χ0v) is 10.1. The molecule has 84 valence electrons. The van der Waals surface area contributed by atoms with E-state index >= 15 is 0 Å². The lowest BCUT2D eigenvalue weighted by molar-refractivity contribution is -0.127. The van der Waals surface area contributed by atoms with E-state index in [1.54, 1.807) is 31.3 Å². The molecule has 0 aliphatic heterocycles. The van der Waals surface area contributed by atoms with Crippen LogP contribution in [0.3, 0.4) is 0 Å². The van der Waals surface area contributed by atoms with Crippen molar-refractivity contribution in [1.82, 2.24) is 4.90 Å². The molecule has 0 atom stereocenters. The highest BCUT2D eigenvalue weighted by Gasteiger charge is 2.04. The van der Waals surface area contributed by atoms with E-state index in [1.807, 2.05) is 13.8 Å². The zero-order valence-electron chi connectivity index (χ0n) is 10.1. The van der Waals surface area contributed by atoms with Gasteiger partial charge >= 0.3 is 0 Å². The Labute approximate surface area is 92.2 Å². The Bertz CT molecular complexity index is 290. The average Bonchev–Trinajstić information content (AvgIpc) is 2.16. The highest BCUT2D eigenvalue weighted by molar-refractivity contribution is 5.72. The van der Waals surface area contributed by atoms with Crippen LogP contribution in [0.1, 0.15) is 27.2 Å². The second-order valence-electron chi connectivity index (χ2n) is 3.53. The van der Waals surface area contributed by atoms with Crippen LogP contribution in [-0.4, -0.2) is 30.6 Å². The fourth-order valence-electron chi connectivity index (χ4n) is 0.998. The van der Waals surface area contributed by atoms with Crippen LogP contribution in [0.2, 0.25) is 0 Å². The summed E-state index contributed by atoms with van der Waals surface area (Å²) in [7, 11) is 1.79. The van der Waals surface area contributed by atoms with Crippen molar-refractivity contribution in [2.75, 3.05) is 13.6 Å². The Morgan fingerprint density at radius 2 is 2.07 bits per heavy atom. The molecule has 0 fully saturated rings. The molecule has 3 nitrogen and oxygen atoms in total. The number of rotatable bonds is 5. The molecule has 0 saturated heterocycles. The smallest absolute Gasteiger partial charge is 0.219 e. The van der Waals surface area contributed by atoms with Gasteiger partial charge in [0.25, 0.3) is 0 Å². The van der Waals surface area contributed by atoms with Crippen molar-refractivity contribution >= 4 is 12.1 Å². The molecule has 0 N–H and O–H groups in total. The van der Waals surface area contributed by atoms with E-state index in [0.29, 0.717) is 6.54 Å². The van der Waals surface area contributed by atoms with Gasteiger partial charge in [-0.2, -0.15) is 0 Å². The number of nitrogens with zero attached hydrogens (tertiary/aromatic N) is 2. The van der Waals surface area contributed by atoms with Crippen LogP contribution in [0.15, 0.2) is 28.9 Å². The fraction of sp³-hybridized carbons (Fsp3) is 0.500. The summed E-state index contributed by atoms with van der Waals surface area (Å²) in [4.78, 5) is 16.7. The molecule has 15 heavy (non-hydrogen) atoms. The number of aliphatic imine (C=N–C) groups is 1. The second-order valence-corrected chi connectivity index (χ2v) is 3.53. The maximum absolute atomic E-state index is 11.0. The summed E-state index contributed by atoms with van der Waals surface area (Å²) in [5.41, 5.74) is 2.08. The molecule has 0 aliphatic rings. The lowest BCUT2D eigenvalue weighted by atomic mass is 10.1. The molecule has 0 aromatic heterocycles. The van der Waals surface area contributed by atoms with E-state index in [9.17, 15) is 4.79 Å². The van der Waals surface area contributed by atoms with Crippen LogP contribution >= 0.6 is 0 Å². The molecule has 1 amide bonds. The number of allylic oxidation sites excluding steroid dienone is 1. The molecular formula is C12H20N2O. The zero-order chi connectivity index (χ0) is 11.8. The number of hydrogen-bond donors (Lipinski definition) is 0. The van der Waals surface area contributed by atoms with Crippen LogP contribution in [-0.2, 0) is 4.79 Å². The summed E-state index contributed by atoms with van der Waals surface area (Å²) in [6, 6.07) is 0. The van der Waals surface area contributed by atoms with Gasteiger partial charge in [-0.15, -0.1) is 0 Å². The van der Waals surface area contributed by atoms with Gasteiger partial charge in [-0.1, -0.05) is 12.2 Å². The van der Waals surface area contributed by atoms with Crippen molar-refractivity contribution in [1.29, 1.82) is 0 Å². The molecule has 0 rings (SSSR count). The molecule has 0 saturated carbocycles. The van der Waals surface area contributed by atoms with Gasteiger partial charge in [-0.25, -0.2) is 0 Å². The normalized spacial score (nSPS) is 11.9. The van der Waals surface area contributed by atoms with Crippen molar-refractivity contribution < 1.29 is 4.79 Å². The first-order valence-electron chi connectivity index (χ1n) is 5.03.